The molecule has 2 aliphatic rings. The summed E-state index contributed by atoms with van der Waals surface area (Å²) >= 11 is 0. The molecule has 2 saturated heterocycles. The average molecular weight is 291 g/mol. The van der Waals surface area contributed by atoms with Crippen LogP contribution in [-0.2, 0) is 0 Å². The quantitative estimate of drug-likeness (QED) is 0.916. The first-order valence-electron chi connectivity index (χ1n) is 8.30. The Balaban J connectivity index is 1.76. The summed E-state index contributed by atoms with van der Waals surface area (Å²) in [5.41, 5.74) is 7.38. The standard InChI is InChI=1S/C16H29N5/c1-12(2)21-10-13(9-18-21)16(8-17)20-7-6-14-4-5-15(11-20)19(14)3/h9-10,12,14-16H,4-8,11,17H2,1-3H3. The van der Waals surface area contributed by atoms with E-state index in [2.05, 4.69) is 42.0 Å². The first kappa shape index (κ1) is 15.0. The van der Waals surface area contributed by atoms with Crippen molar-refractivity contribution in [1.29, 1.82) is 0 Å². The lowest BCUT2D eigenvalue weighted by Crippen LogP contribution is -2.40. The number of fused-ring (bicyclic) bond motifs is 2. The number of likely N-dealkylation sites (N-methyl/N-ethyl adjacent to an activating group) is 1. The smallest absolute Gasteiger partial charge is 0.0538 e. The molecule has 3 atom stereocenters. The van der Waals surface area contributed by atoms with Gasteiger partial charge in [0.05, 0.1) is 12.2 Å². The number of rotatable bonds is 4. The minimum atomic E-state index is 0.310. The number of aromatic nitrogens is 2. The Hall–Kier alpha value is -0.910. The van der Waals surface area contributed by atoms with E-state index in [1.54, 1.807) is 0 Å². The van der Waals surface area contributed by atoms with Crippen LogP contribution >= 0.6 is 0 Å². The monoisotopic (exact) mass is 291 g/mol. The highest BCUT2D eigenvalue weighted by Crippen LogP contribution is 2.32. The minimum Gasteiger partial charge on any atom is -0.329 e. The molecule has 0 saturated carbocycles. The molecule has 0 radical (unpaired) electrons. The molecule has 0 amide bonds. The molecular formula is C16H29N5. The van der Waals surface area contributed by atoms with Crippen molar-refractivity contribution >= 4 is 0 Å². The van der Waals surface area contributed by atoms with Gasteiger partial charge in [0.15, 0.2) is 0 Å². The molecule has 21 heavy (non-hydrogen) atoms. The van der Waals surface area contributed by atoms with E-state index in [1.807, 2.05) is 10.9 Å². The fourth-order valence-electron chi connectivity index (χ4n) is 3.92. The highest BCUT2D eigenvalue weighted by molar-refractivity contribution is 5.12. The summed E-state index contributed by atoms with van der Waals surface area (Å²) in [5, 5.41) is 4.49. The van der Waals surface area contributed by atoms with Gasteiger partial charge in [-0.25, -0.2) is 0 Å². The Morgan fingerprint density at radius 2 is 2.05 bits per heavy atom. The summed E-state index contributed by atoms with van der Waals surface area (Å²) in [7, 11) is 2.29. The molecule has 5 heteroatoms. The molecule has 0 spiro atoms. The second-order valence-corrected chi connectivity index (χ2v) is 6.93. The largest absolute Gasteiger partial charge is 0.329 e. The molecule has 3 unspecified atom stereocenters. The molecule has 2 bridgehead atoms. The first-order valence-corrected chi connectivity index (χ1v) is 8.30. The Morgan fingerprint density at radius 1 is 1.29 bits per heavy atom. The van der Waals surface area contributed by atoms with Gasteiger partial charge in [-0.3, -0.25) is 14.5 Å². The third kappa shape index (κ3) is 2.87. The van der Waals surface area contributed by atoms with E-state index >= 15 is 0 Å². The number of hydrogen-bond acceptors (Lipinski definition) is 4. The average Bonchev–Trinajstić information content (AvgIpc) is 3.00. The van der Waals surface area contributed by atoms with Crippen molar-refractivity contribution in [3.05, 3.63) is 18.0 Å². The van der Waals surface area contributed by atoms with Gasteiger partial charge in [-0.1, -0.05) is 0 Å². The van der Waals surface area contributed by atoms with Gasteiger partial charge in [-0.15, -0.1) is 0 Å². The molecule has 118 valence electrons. The maximum atomic E-state index is 6.11. The molecular weight excluding hydrogens is 262 g/mol. The third-order valence-corrected chi connectivity index (χ3v) is 5.38. The molecule has 2 N–H and O–H groups in total. The number of nitrogens with zero attached hydrogens (tertiary/aromatic N) is 4. The van der Waals surface area contributed by atoms with Crippen molar-refractivity contribution in [3.63, 3.8) is 0 Å². The van der Waals surface area contributed by atoms with Crippen molar-refractivity contribution in [2.75, 3.05) is 26.7 Å². The lowest BCUT2D eigenvalue weighted by Gasteiger charge is -2.32. The van der Waals surface area contributed by atoms with E-state index in [9.17, 15) is 0 Å². The predicted octanol–water partition coefficient (Wildman–Crippen LogP) is 1.63. The van der Waals surface area contributed by atoms with Gasteiger partial charge in [-0.2, -0.15) is 5.10 Å². The van der Waals surface area contributed by atoms with Crippen LogP contribution in [0.2, 0.25) is 0 Å². The van der Waals surface area contributed by atoms with Crippen LogP contribution in [0, 0.1) is 0 Å². The Labute approximate surface area is 128 Å². The summed E-state index contributed by atoms with van der Waals surface area (Å²) in [4.78, 5) is 5.17. The van der Waals surface area contributed by atoms with Crippen molar-refractivity contribution in [1.82, 2.24) is 19.6 Å². The maximum Gasteiger partial charge on any atom is 0.0538 e. The molecule has 3 heterocycles. The second-order valence-electron chi connectivity index (χ2n) is 6.93. The fourth-order valence-corrected chi connectivity index (χ4v) is 3.92. The van der Waals surface area contributed by atoms with Crippen LogP contribution < -0.4 is 5.73 Å². The van der Waals surface area contributed by atoms with Crippen LogP contribution in [0.1, 0.15) is 50.8 Å². The molecule has 3 rings (SSSR count). The lowest BCUT2D eigenvalue weighted by atomic mass is 10.0. The van der Waals surface area contributed by atoms with E-state index in [0.717, 1.165) is 19.1 Å². The van der Waals surface area contributed by atoms with E-state index in [4.69, 9.17) is 5.73 Å². The Morgan fingerprint density at radius 3 is 2.71 bits per heavy atom. The van der Waals surface area contributed by atoms with Crippen molar-refractivity contribution in [2.24, 2.45) is 5.73 Å². The van der Waals surface area contributed by atoms with Gasteiger partial charge >= 0.3 is 0 Å². The lowest BCUT2D eigenvalue weighted by molar-refractivity contribution is 0.175. The summed E-state index contributed by atoms with van der Waals surface area (Å²) in [5.74, 6) is 0. The van der Waals surface area contributed by atoms with Crippen molar-refractivity contribution < 1.29 is 0 Å². The fraction of sp³-hybridized carbons (Fsp3) is 0.812. The molecule has 5 nitrogen and oxygen atoms in total. The van der Waals surface area contributed by atoms with E-state index in [-0.39, 0.29) is 0 Å². The van der Waals surface area contributed by atoms with Gasteiger partial charge in [0.1, 0.15) is 0 Å². The topological polar surface area (TPSA) is 50.3 Å². The summed E-state index contributed by atoms with van der Waals surface area (Å²) in [6.07, 6.45) is 8.15. The van der Waals surface area contributed by atoms with Crippen LogP contribution in [0.15, 0.2) is 12.4 Å². The van der Waals surface area contributed by atoms with Crippen LogP contribution in [0.5, 0.6) is 0 Å². The highest BCUT2D eigenvalue weighted by Gasteiger charge is 2.36. The van der Waals surface area contributed by atoms with Crippen LogP contribution in [0.3, 0.4) is 0 Å². The zero-order valence-electron chi connectivity index (χ0n) is 13.6. The van der Waals surface area contributed by atoms with Crippen LogP contribution in [0.25, 0.3) is 0 Å². The van der Waals surface area contributed by atoms with E-state index < -0.39 is 0 Å². The van der Waals surface area contributed by atoms with Crippen LogP contribution in [0.4, 0.5) is 0 Å². The van der Waals surface area contributed by atoms with E-state index in [1.165, 1.54) is 24.8 Å². The molecule has 0 aromatic carbocycles. The summed E-state index contributed by atoms with van der Waals surface area (Å²) < 4.78 is 2.04. The number of likely N-dealkylation sites (tertiary alicyclic amines) is 1. The summed E-state index contributed by atoms with van der Waals surface area (Å²) in [6, 6.07) is 2.19. The Kier molecular flexibility index (Phi) is 4.33. The van der Waals surface area contributed by atoms with Crippen molar-refractivity contribution in [2.45, 2.75) is 57.3 Å². The number of nitrogens with two attached hydrogens (primary N) is 1. The second kappa shape index (κ2) is 6.07. The zero-order valence-corrected chi connectivity index (χ0v) is 13.6. The molecule has 2 aliphatic heterocycles. The van der Waals surface area contributed by atoms with Crippen LogP contribution in [-0.4, -0.2) is 58.3 Å². The minimum absolute atomic E-state index is 0.310. The zero-order chi connectivity index (χ0) is 15.0. The highest BCUT2D eigenvalue weighted by atomic mass is 15.3. The first-order chi connectivity index (χ1) is 10.1. The van der Waals surface area contributed by atoms with Gasteiger partial charge in [0, 0.05) is 49.5 Å². The van der Waals surface area contributed by atoms with Crippen molar-refractivity contribution in [3.8, 4) is 0 Å². The molecule has 1 aromatic heterocycles. The molecule has 0 aliphatic carbocycles. The SMILES string of the molecule is CC(C)n1cc(C(CN)N2CCC3CCC(C2)N3C)cn1. The van der Waals surface area contributed by atoms with Gasteiger partial charge in [0.2, 0.25) is 0 Å². The van der Waals surface area contributed by atoms with E-state index in [0.29, 0.717) is 24.7 Å². The molecule has 2 fully saturated rings. The van der Waals surface area contributed by atoms with Gasteiger partial charge < -0.3 is 5.73 Å². The normalized spacial score (nSPS) is 29.0. The molecule has 1 aromatic rings. The van der Waals surface area contributed by atoms with Gasteiger partial charge in [-0.05, 0) is 40.2 Å². The maximum absolute atomic E-state index is 6.11. The third-order valence-electron chi connectivity index (χ3n) is 5.38. The predicted molar refractivity (Wildman–Crippen MR) is 85.2 cm³/mol. The van der Waals surface area contributed by atoms with Gasteiger partial charge in [0.25, 0.3) is 0 Å². The number of hydrogen-bond donors (Lipinski definition) is 1. The Bertz CT molecular complexity index is 469. The summed E-state index contributed by atoms with van der Waals surface area (Å²) in [6.45, 7) is 7.29.